The number of nitrogens with one attached hydrogen (secondary N) is 1. The largest absolute Gasteiger partial charge is 0.462 e. The highest BCUT2D eigenvalue weighted by Gasteiger charge is 2.24. The van der Waals surface area contributed by atoms with Crippen molar-refractivity contribution in [3.8, 4) is 0 Å². The third-order valence-electron chi connectivity index (χ3n) is 3.92. The molecule has 0 bridgehead atoms. The summed E-state index contributed by atoms with van der Waals surface area (Å²) in [5.41, 5.74) is 6.68. The zero-order chi connectivity index (χ0) is 15.4. The number of nitrogen functional groups attached to an aromatic ring is 1. The molecule has 118 valence electrons. The van der Waals surface area contributed by atoms with Crippen LogP contribution in [0.15, 0.2) is 4.90 Å². The SMILES string of the molecule is CCOC(=O)c1sc(NC2CCC(C)CC2)c(SC)c1N. The normalized spacial score (nSPS) is 22.0. The molecular formula is C15H24N2O2S2. The smallest absolute Gasteiger partial charge is 0.350 e. The average molecular weight is 329 g/mol. The highest BCUT2D eigenvalue weighted by Crippen LogP contribution is 2.43. The van der Waals surface area contributed by atoms with Crippen molar-refractivity contribution in [3.63, 3.8) is 0 Å². The van der Waals surface area contributed by atoms with E-state index in [2.05, 4.69) is 12.2 Å². The van der Waals surface area contributed by atoms with Crippen LogP contribution in [-0.4, -0.2) is 24.9 Å². The molecule has 6 heteroatoms. The molecule has 0 saturated heterocycles. The zero-order valence-electron chi connectivity index (χ0n) is 12.9. The molecule has 0 aromatic carbocycles. The van der Waals surface area contributed by atoms with E-state index >= 15 is 0 Å². The fourth-order valence-corrected chi connectivity index (χ4v) is 4.66. The molecule has 0 radical (unpaired) electrons. The Balaban J connectivity index is 2.15. The lowest BCUT2D eigenvalue weighted by Gasteiger charge is -2.27. The van der Waals surface area contributed by atoms with E-state index < -0.39 is 0 Å². The number of esters is 1. The van der Waals surface area contributed by atoms with Gasteiger partial charge in [0, 0.05) is 6.04 Å². The van der Waals surface area contributed by atoms with Crippen LogP contribution in [0.3, 0.4) is 0 Å². The van der Waals surface area contributed by atoms with E-state index in [1.807, 2.05) is 6.26 Å². The van der Waals surface area contributed by atoms with E-state index in [0.29, 0.717) is 23.2 Å². The lowest BCUT2D eigenvalue weighted by atomic mass is 9.87. The van der Waals surface area contributed by atoms with Crippen LogP contribution in [-0.2, 0) is 4.74 Å². The van der Waals surface area contributed by atoms with Gasteiger partial charge in [-0.2, -0.15) is 0 Å². The topological polar surface area (TPSA) is 64.3 Å². The maximum absolute atomic E-state index is 12.0. The van der Waals surface area contributed by atoms with E-state index in [4.69, 9.17) is 10.5 Å². The summed E-state index contributed by atoms with van der Waals surface area (Å²) in [5.74, 6) is 0.507. The van der Waals surface area contributed by atoms with E-state index in [1.54, 1.807) is 18.7 Å². The van der Waals surface area contributed by atoms with E-state index in [9.17, 15) is 4.79 Å². The summed E-state index contributed by atoms with van der Waals surface area (Å²) in [6.07, 6.45) is 6.88. The molecule has 1 fully saturated rings. The second-order valence-electron chi connectivity index (χ2n) is 5.53. The Kier molecular flexibility index (Phi) is 5.81. The zero-order valence-corrected chi connectivity index (χ0v) is 14.5. The Morgan fingerprint density at radius 3 is 2.67 bits per heavy atom. The number of rotatable bonds is 5. The van der Waals surface area contributed by atoms with Gasteiger partial charge in [0.05, 0.1) is 17.2 Å². The van der Waals surface area contributed by atoms with Crippen LogP contribution in [0.25, 0.3) is 0 Å². The number of carbonyl (C=O) groups excluding carboxylic acids is 1. The van der Waals surface area contributed by atoms with Gasteiger partial charge in [-0.15, -0.1) is 23.1 Å². The molecule has 3 N–H and O–H groups in total. The standard InChI is InChI=1S/C15H24N2O2S2/c1-4-19-15(18)13-11(16)12(20-3)14(21-13)17-10-7-5-9(2)6-8-10/h9-10,17H,4-8,16H2,1-3H3. The van der Waals surface area contributed by atoms with Gasteiger partial charge in [-0.1, -0.05) is 6.92 Å². The highest BCUT2D eigenvalue weighted by atomic mass is 32.2. The Labute approximate surface area is 134 Å². The predicted octanol–water partition coefficient (Wildman–Crippen LogP) is 4.22. The number of thioether (sulfide) groups is 1. The third kappa shape index (κ3) is 3.86. The fourth-order valence-electron chi connectivity index (χ4n) is 2.66. The van der Waals surface area contributed by atoms with Crippen LogP contribution in [0, 0.1) is 5.92 Å². The molecule has 1 heterocycles. The Morgan fingerprint density at radius 2 is 2.10 bits per heavy atom. The number of hydrogen-bond donors (Lipinski definition) is 2. The van der Waals surface area contributed by atoms with Crippen LogP contribution < -0.4 is 11.1 Å². The average Bonchev–Trinajstić information content (AvgIpc) is 2.78. The summed E-state index contributed by atoms with van der Waals surface area (Å²) in [6.45, 7) is 4.49. The first-order chi connectivity index (χ1) is 10.1. The van der Waals surface area contributed by atoms with Crippen molar-refractivity contribution in [3.05, 3.63) is 4.88 Å². The van der Waals surface area contributed by atoms with Crippen molar-refractivity contribution in [2.24, 2.45) is 5.92 Å². The van der Waals surface area contributed by atoms with Crippen molar-refractivity contribution in [1.82, 2.24) is 0 Å². The fraction of sp³-hybridized carbons (Fsp3) is 0.667. The van der Waals surface area contributed by atoms with E-state index in [-0.39, 0.29) is 5.97 Å². The van der Waals surface area contributed by atoms with Crippen molar-refractivity contribution < 1.29 is 9.53 Å². The van der Waals surface area contributed by atoms with Gasteiger partial charge in [-0.3, -0.25) is 0 Å². The van der Waals surface area contributed by atoms with Crippen molar-refractivity contribution in [1.29, 1.82) is 0 Å². The molecule has 1 saturated carbocycles. The number of hydrogen-bond acceptors (Lipinski definition) is 6. The Bertz CT molecular complexity index is 494. The first kappa shape index (κ1) is 16.5. The first-order valence-corrected chi connectivity index (χ1v) is 9.50. The van der Waals surface area contributed by atoms with Crippen LogP contribution in [0.2, 0.25) is 0 Å². The van der Waals surface area contributed by atoms with Crippen molar-refractivity contribution >= 4 is 39.8 Å². The summed E-state index contributed by atoms with van der Waals surface area (Å²) in [6, 6.07) is 0.486. The van der Waals surface area contributed by atoms with Gasteiger partial charge in [0.25, 0.3) is 0 Å². The summed E-state index contributed by atoms with van der Waals surface area (Å²) in [4.78, 5) is 13.4. The minimum atomic E-state index is -0.319. The lowest BCUT2D eigenvalue weighted by molar-refractivity contribution is 0.0533. The second-order valence-corrected chi connectivity index (χ2v) is 7.37. The van der Waals surface area contributed by atoms with Gasteiger partial charge in [0.2, 0.25) is 0 Å². The molecule has 1 aromatic heterocycles. The number of ether oxygens (including phenoxy) is 1. The van der Waals surface area contributed by atoms with Gasteiger partial charge in [-0.05, 0) is 44.8 Å². The number of nitrogens with two attached hydrogens (primary N) is 1. The molecule has 0 atom stereocenters. The minimum Gasteiger partial charge on any atom is -0.462 e. The van der Waals surface area contributed by atoms with Crippen LogP contribution in [0.1, 0.15) is 49.2 Å². The number of thiophene rings is 1. The molecule has 2 rings (SSSR count). The quantitative estimate of drug-likeness (QED) is 0.626. The predicted molar refractivity (Wildman–Crippen MR) is 91.5 cm³/mol. The van der Waals surface area contributed by atoms with Gasteiger partial charge in [-0.25, -0.2) is 4.79 Å². The van der Waals surface area contributed by atoms with Crippen molar-refractivity contribution in [2.45, 2.75) is 50.5 Å². The minimum absolute atomic E-state index is 0.319. The number of anilines is 2. The lowest BCUT2D eigenvalue weighted by Crippen LogP contribution is -2.24. The molecule has 1 aromatic rings. The van der Waals surface area contributed by atoms with E-state index in [1.165, 1.54) is 37.0 Å². The summed E-state index contributed by atoms with van der Waals surface area (Å²) >= 11 is 3.00. The van der Waals surface area contributed by atoms with Crippen LogP contribution >= 0.6 is 23.1 Å². The Hall–Kier alpha value is -0.880. The molecule has 0 unspecified atom stereocenters. The summed E-state index contributed by atoms with van der Waals surface area (Å²) in [7, 11) is 0. The summed E-state index contributed by atoms with van der Waals surface area (Å²) < 4.78 is 5.08. The molecule has 1 aliphatic carbocycles. The highest BCUT2D eigenvalue weighted by molar-refractivity contribution is 7.99. The molecule has 0 spiro atoms. The maximum Gasteiger partial charge on any atom is 0.350 e. The molecule has 0 amide bonds. The summed E-state index contributed by atoms with van der Waals surface area (Å²) in [5, 5.41) is 4.61. The molecule has 4 nitrogen and oxygen atoms in total. The van der Waals surface area contributed by atoms with Gasteiger partial charge >= 0.3 is 5.97 Å². The second kappa shape index (κ2) is 7.40. The van der Waals surface area contributed by atoms with Gasteiger partial charge in [0.1, 0.15) is 9.88 Å². The van der Waals surface area contributed by atoms with Crippen LogP contribution in [0.5, 0.6) is 0 Å². The molecular weight excluding hydrogens is 304 g/mol. The monoisotopic (exact) mass is 328 g/mol. The van der Waals surface area contributed by atoms with Gasteiger partial charge < -0.3 is 15.8 Å². The number of carbonyl (C=O) groups is 1. The van der Waals surface area contributed by atoms with Gasteiger partial charge in [0.15, 0.2) is 0 Å². The first-order valence-electron chi connectivity index (χ1n) is 7.46. The Morgan fingerprint density at radius 1 is 1.43 bits per heavy atom. The molecule has 0 aliphatic heterocycles. The third-order valence-corrected chi connectivity index (χ3v) is 5.99. The van der Waals surface area contributed by atoms with Crippen molar-refractivity contribution in [2.75, 3.05) is 23.9 Å². The maximum atomic E-state index is 12.0. The van der Waals surface area contributed by atoms with E-state index in [0.717, 1.165) is 15.8 Å². The molecule has 1 aliphatic rings. The van der Waals surface area contributed by atoms with Crippen LogP contribution in [0.4, 0.5) is 10.7 Å². The molecule has 21 heavy (non-hydrogen) atoms.